The van der Waals surface area contributed by atoms with Crippen LogP contribution in [0, 0.1) is 11.3 Å². The third-order valence-electron chi connectivity index (χ3n) is 4.12. The van der Waals surface area contributed by atoms with Crippen molar-refractivity contribution < 1.29 is 19.2 Å². The van der Waals surface area contributed by atoms with Gasteiger partial charge in [0.25, 0.3) is 11.8 Å². The molecule has 2 aromatic rings. The van der Waals surface area contributed by atoms with Gasteiger partial charge in [-0.1, -0.05) is 24.3 Å². The molecule has 0 radical (unpaired) electrons. The van der Waals surface area contributed by atoms with E-state index >= 15 is 0 Å². The van der Waals surface area contributed by atoms with E-state index in [0.29, 0.717) is 5.69 Å². The average molecular weight is 376 g/mol. The number of nitrogens with zero attached hydrogens (tertiary/aromatic N) is 2. The van der Waals surface area contributed by atoms with Crippen molar-refractivity contribution in [1.29, 1.82) is 5.26 Å². The molecule has 8 heteroatoms. The van der Waals surface area contributed by atoms with Crippen LogP contribution in [0.15, 0.2) is 48.5 Å². The molecule has 0 fully saturated rings. The van der Waals surface area contributed by atoms with E-state index in [4.69, 9.17) is 5.26 Å². The lowest BCUT2D eigenvalue weighted by molar-refractivity contribution is -0.120. The fraction of sp³-hybridized carbons (Fsp3) is 0.150. The molecule has 0 atom stereocenters. The van der Waals surface area contributed by atoms with Crippen molar-refractivity contribution in [3.63, 3.8) is 0 Å². The van der Waals surface area contributed by atoms with Crippen molar-refractivity contribution in [3.05, 3.63) is 65.2 Å². The molecule has 0 aromatic heterocycles. The van der Waals surface area contributed by atoms with E-state index in [1.807, 2.05) is 0 Å². The normalized spacial score (nSPS) is 12.3. The molecule has 3 rings (SSSR count). The Morgan fingerprint density at radius 2 is 1.64 bits per heavy atom. The zero-order valence-electron chi connectivity index (χ0n) is 14.8. The molecule has 2 N–H and O–H groups in total. The van der Waals surface area contributed by atoms with Gasteiger partial charge in [-0.25, -0.2) is 0 Å². The van der Waals surface area contributed by atoms with E-state index < -0.39 is 24.3 Å². The molecule has 0 spiro atoms. The molecule has 2 aromatic carbocycles. The SMILES string of the molecule is N#CCC(=O)NCc1cccc(NC(=O)CN2C(=O)c3ccccc3C2=O)c1. The summed E-state index contributed by atoms with van der Waals surface area (Å²) in [4.78, 5) is 49.2. The molecule has 8 nitrogen and oxygen atoms in total. The predicted molar refractivity (Wildman–Crippen MR) is 99.0 cm³/mol. The quantitative estimate of drug-likeness (QED) is 0.740. The summed E-state index contributed by atoms with van der Waals surface area (Å²) in [5.41, 5.74) is 1.77. The molecule has 0 saturated heterocycles. The Morgan fingerprint density at radius 3 is 2.29 bits per heavy atom. The van der Waals surface area contributed by atoms with E-state index in [0.717, 1.165) is 10.5 Å². The summed E-state index contributed by atoms with van der Waals surface area (Å²) in [6, 6.07) is 15.0. The number of hydrogen-bond acceptors (Lipinski definition) is 5. The van der Waals surface area contributed by atoms with E-state index in [2.05, 4.69) is 10.6 Å². The lowest BCUT2D eigenvalue weighted by Gasteiger charge is -2.14. The molecule has 4 amide bonds. The maximum atomic E-state index is 12.3. The minimum Gasteiger partial charge on any atom is -0.351 e. The lowest BCUT2D eigenvalue weighted by atomic mass is 10.1. The summed E-state index contributed by atoms with van der Waals surface area (Å²) >= 11 is 0. The van der Waals surface area contributed by atoms with Gasteiger partial charge in [0, 0.05) is 12.2 Å². The number of nitrogens with one attached hydrogen (secondary N) is 2. The molecule has 1 aliphatic heterocycles. The van der Waals surface area contributed by atoms with Gasteiger partial charge in [-0.2, -0.15) is 5.26 Å². The van der Waals surface area contributed by atoms with Crippen molar-refractivity contribution in [2.75, 3.05) is 11.9 Å². The van der Waals surface area contributed by atoms with Crippen molar-refractivity contribution in [2.45, 2.75) is 13.0 Å². The van der Waals surface area contributed by atoms with Crippen LogP contribution in [0.1, 0.15) is 32.7 Å². The summed E-state index contributed by atoms with van der Waals surface area (Å²) in [5, 5.41) is 13.7. The zero-order chi connectivity index (χ0) is 20.1. The average Bonchev–Trinajstić information content (AvgIpc) is 2.92. The van der Waals surface area contributed by atoms with Gasteiger partial charge in [-0.3, -0.25) is 24.1 Å². The van der Waals surface area contributed by atoms with Crippen LogP contribution in [0.4, 0.5) is 5.69 Å². The minimum atomic E-state index is -0.514. The fourth-order valence-electron chi connectivity index (χ4n) is 2.82. The Labute approximate surface area is 160 Å². The lowest BCUT2D eigenvalue weighted by Crippen LogP contribution is -2.37. The Kier molecular flexibility index (Phi) is 5.46. The molecule has 0 unspecified atom stereocenters. The Bertz CT molecular complexity index is 974. The van der Waals surface area contributed by atoms with Crippen LogP contribution in [-0.2, 0) is 16.1 Å². The highest BCUT2D eigenvalue weighted by Gasteiger charge is 2.36. The molecule has 1 aliphatic rings. The molecule has 1 heterocycles. The largest absolute Gasteiger partial charge is 0.351 e. The van der Waals surface area contributed by atoms with Gasteiger partial charge >= 0.3 is 0 Å². The van der Waals surface area contributed by atoms with Crippen molar-refractivity contribution in [3.8, 4) is 6.07 Å². The monoisotopic (exact) mass is 376 g/mol. The van der Waals surface area contributed by atoms with Gasteiger partial charge in [-0.15, -0.1) is 0 Å². The number of hydrogen-bond donors (Lipinski definition) is 2. The Hall–Kier alpha value is -3.99. The summed E-state index contributed by atoms with van der Waals surface area (Å²) in [7, 11) is 0. The number of imide groups is 1. The molecule has 28 heavy (non-hydrogen) atoms. The third kappa shape index (κ3) is 4.04. The predicted octanol–water partition coefficient (Wildman–Crippen LogP) is 1.45. The number of benzene rings is 2. The van der Waals surface area contributed by atoms with Gasteiger partial charge in [0.15, 0.2) is 0 Å². The molecular formula is C20H16N4O4. The number of carbonyl (C=O) groups excluding carboxylic acids is 4. The maximum Gasteiger partial charge on any atom is 0.262 e. The summed E-state index contributed by atoms with van der Waals surface area (Å²) < 4.78 is 0. The van der Waals surface area contributed by atoms with Crippen LogP contribution in [0.2, 0.25) is 0 Å². The third-order valence-corrected chi connectivity index (χ3v) is 4.12. The molecular weight excluding hydrogens is 360 g/mol. The van der Waals surface area contributed by atoms with Crippen molar-refractivity contribution in [1.82, 2.24) is 10.2 Å². The number of rotatable bonds is 6. The van der Waals surface area contributed by atoms with Gasteiger partial charge in [0.05, 0.1) is 17.2 Å². The Balaban J connectivity index is 1.61. The van der Waals surface area contributed by atoms with E-state index in [1.165, 1.54) is 0 Å². The van der Waals surface area contributed by atoms with Crippen LogP contribution in [0.25, 0.3) is 0 Å². The van der Waals surface area contributed by atoms with Crippen LogP contribution < -0.4 is 10.6 Å². The summed E-state index contributed by atoms with van der Waals surface area (Å²) in [6.45, 7) is -0.182. The topological polar surface area (TPSA) is 119 Å². The molecule has 0 aliphatic carbocycles. The maximum absolute atomic E-state index is 12.3. The first-order valence-corrected chi connectivity index (χ1v) is 8.47. The summed E-state index contributed by atoms with van der Waals surface area (Å²) in [5.74, 6) is -1.89. The second-order valence-corrected chi connectivity index (χ2v) is 6.10. The van der Waals surface area contributed by atoms with Crippen LogP contribution in [0.3, 0.4) is 0 Å². The highest BCUT2D eigenvalue weighted by Crippen LogP contribution is 2.22. The van der Waals surface area contributed by atoms with Crippen LogP contribution in [0.5, 0.6) is 0 Å². The second-order valence-electron chi connectivity index (χ2n) is 6.10. The van der Waals surface area contributed by atoms with Gasteiger partial charge in [-0.05, 0) is 29.8 Å². The van der Waals surface area contributed by atoms with E-state index in [-0.39, 0.29) is 30.0 Å². The second kappa shape index (κ2) is 8.14. The number of carbonyl (C=O) groups is 4. The highest BCUT2D eigenvalue weighted by atomic mass is 16.2. The standard InChI is InChI=1S/C20H16N4O4/c21-9-8-17(25)22-11-13-4-3-5-14(10-13)23-18(26)12-24-19(27)15-6-1-2-7-16(15)20(24)28/h1-7,10H,8,11-12H2,(H,22,25)(H,23,26). The van der Waals surface area contributed by atoms with Crippen LogP contribution in [-0.4, -0.2) is 35.1 Å². The molecule has 0 bridgehead atoms. The number of anilines is 1. The van der Waals surface area contributed by atoms with Gasteiger partial charge < -0.3 is 10.6 Å². The summed E-state index contributed by atoms with van der Waals surface area (Å²) in [6.07, 6.45) is -0.225. The Morgan fingerprint density at radius 1 is 0.964 bits per heavy atom. The van der Waals surface area contributed by atoms with Crippen LogP contribution >= 0.6 is 0 Å². The first-order valence-electron chi connectivity index (χ1n) is 8.47. The number of amides is 4. The van der Waals surface area contributed by atoms with Gasteiger partial charge in [0.1, 0.15) is 13.0 Å². The smallest absolute Gasteiger partial charge is 0.262 e. The van der Waals surface area contributed by atoms with Gasteiger partial charge in [0.2, 0.25) is 11.8 Å². The highest BCUT2D eigenvalue weighted by molar-refractivity contribution is 6.22. The zero-order valence-corrected chi connectivity index (χ0v) is 14.8. The fourth-order valence-corrected chi connectivity index (χ4v) is 2.82. The van der Waals surface area contributed by atoms with E-state index in [9.17, 15) is 19.2 Å². The van der Waals surface area contributed by atoms with Crippen molar-refractivity contribution in [2.24, 2.45) is 0 Å². The number of nitriles is 1. The minimum absolute atomic E-state index is 0.211. The molecule has 140 valence electrons. The first-order chi connectivity index (χ1) is 13.5. The first kappa shape index (κ1) is 18.8. The molecule has 0 saturated carbocycles. The van der Waals surface area contributed by atoms with Crippen molar-refractivity contribution >= 4 is 29.3 Å². The van der Waals surface area contributed by atoms with E-state index in [1.54, 1.807) is 54.6 Å². The number of fused-ring (bicyclic) bond motifs is 1.